The van der Waals surface area contributed by atoms with Crippen molar-refractivity contribution in [2.24, 2.45) is 0 Å². The van der Waals surface area contributed by atoms with Crippen LogP contribution in [0.25, 0.3) is 0 Å². The van der Waals surface area contributed by atoms with E-state index in [1.54, 1.807) is 31.2 Å². The number of Topliss-reactive ketones (excluding diaryl/α,β-unsaturated/α-hetero) is 1. The lowest BCUT2D eigenvalue weighted by atomic mass is 10.1. The zero-order valence-corrected chi connectivity index (χ0v) is 14.5. The third-order valence-corrected chi connectivity index (χ3v) is 3.90. The molecular formula is C17H17IN2O2. The maximum atomic E-state index is 12.2. The summed E-state index contributed by atoms with van der Waals surface area (Å²) in [5, 5.41) is 5.97. The first-order valence-electron chi connectivity index (χ1n) is 6.89. The average molecular weight is 408 g/mol. The van der Waals surface area contributed by atoms with E-state index >= 15 is 0 Å². The molecule has 0 bridgehead atoms. The van der Waals surface area contributed by atoms with Gasteiger partial charge in [0.05, 0.1) is 0 Å². The zero-order valence-electron chi connectivity index (χ0n) is 12.4. The van der Waals surface area contributed by atoms with Crippen molar-refractivity contribution in [3.63, 3.8) is 0 Å². The normalized spacial score (nSPS) is 11.6. The highest BCUT2D eigenvalue weighted by molar-refractivity contribution is 14.1. The highest BCUT2D eigenvalue weighted by Crippen LogP contribution is 2.14. The first-order valence-corrected chi connectivity index (χ1v) is 7.97. The Labute approximate surface area is 143 Å². The summed E-state index contributed by atoms with van der Waals surface area (Å²) >= 11 is 2.23. The predicted octanol–water partition coefficient (Wildman–Crippen LogP) is 3.93. The van der Waals surface area contributed by atoms with Gasteiger partial charge in [0.1, 0.15) is 6.04 Å². The third kappa shape index (κ3) is 4.56. The number of hydrogen-bond acceptors (Lipinski definition) is 3. The molecule has 1 amide bonds. The van der Waals surface area contributed by atoms with E-state index in [4.69, 9.17) is 0 Å². The van der Waals surface area contributed by atoms with Crippen LogP contribution in [0, 0.1) is 3.57 Å². The molecule has 1 atom stereocenters. The molecule has 0 radical (unpaired) electrons. The fourth-order valence-corrected chi connectivity index (χ4v) is 2.26. The summed E-state index contributed by atoms with van der Waals surface area (Å²) in [7, 11) is 0. The quantitative estimate of drug-likeness (QED) is 0.582. The van der Waals surface area contributed by atoms with Crippen LogP contribution >= 0.6 is 22.6 Å². The first-order chi connectivity index (χ1) is 10.5. The molecule has 0 fully saturated rings. The highest BCUT2D eigenvalue weighted by Gasteiger charge is 2.12. The fraction of sp³-hybridized carbons (Fsp3) is 0.176. The van der Waals surface area contributed by atoms with Crippen molar-refractivity contribution in [2.75, 3.05) is 10.6 Å². The molecule has 22 heavy (non-hydrogen) atoms. The van der Waals surface area contributed by atoms with Crippen LogP contribution in [0.1, 0.15) is 24.2 Å². The van der Waals surface area contributed by atoms with Crippen molar-refractivity contribution >= 4 is 45.7 Å². The van der Waals surface area contributed by atoms with Gasteiger partial charge in [-0.2, -0.15) is 0 Å². The Morgan fingerprint density at radius 3 is 2.05 bits per heavy atom. The largest absolute Gasteiger partial charge is 0.374 e. The molecular weight excluding hydrogens is 391 g/mol. The van der Waals surface area contributed by atoms with Gasteiger partial charge in [-0.15, -0.1) is 0 Å². The molecule has 0 unspecified atom stereocenters. The third-order valence-electron chi connectivity index (χ3n) is 3.18. The molecule has 0 heterocycles. The smallest absolute Gasteiger partial charge is 0.246 e. The number of hydrogen-bond donors (Lipinski definition) is 2. The minimum atomic E-state index is -0.368. The summed E-state index contributed by atoms with van der Waals surface area (Å²) in [4.78, 5) is 23.4. The number of nitrogens with one attached hydrogen (secondary N) is 2. The van der Waals surface area contributed by atoms with E-state index in [0.29, 0.717) is 11.3 Å². The molecule has 0 aliphatic carbocycles. The van der Waals surface area contributed by atoms with Gasteiger partial charge in [0, 0.05) is 20.5 Å². The predicted molar refractivity (Wildman–Crippen MR) is 97.3 cm³/mol. The summed E-state index contributed by atoms with van der Waals surface area (Å²) in [6, 6.07) is 14.3. The molecule has 2 aromatic carbocycles. The number of halogens is 1. The Balaban J connectivity index is 1.95. The second-order valence-corrected chi connectivity index (χ2v) is 6.24. The minimum Gasteiger partial charge on any atom is -0.374 e. The lowest BCUT2D eigenvalue weighted by molar-refractivity contribution is -0.116. The Morgan fingerprint density at radius 1 is 0.955 bits per heavy atom. The summed E-state index contributed by atoms with van der Waals surface area (Å²) in [5.74, 6) is -0.124. The van der Waals surface area contributed by atoms with Gasteiger partial charge in [-0.25, -0.2) is 0 Å². The summed E-state index contributed by atoms with van der Waals surface area (Å²) < 4.78 is 1.14. The van der Waals surface area contributed by atoms with E-state index in [1.807, 2.05) is 24.3 Å². The molecule has 0 saturated carbocycles. The van der Waals surface area contributed by atoms with Crippen LogP contribution in [0.5, 0.6) is 0 Å². The van der Waals surface area contributed by atoms with Crippen molar-refractivity contribution in [2.45, 2.75) is 19.9 Å². The van der Waals surface area contributed by atoms with Crippen molar-refractivity contribution in [1.29, 1.82) is 0 Å². The molecule has 0 saturated heterocycles. The van der Waals surface area contributed by atoms with Crippen LogP contribution in [0.2, 0.25) is 0 Å². The topological polar surface area (TPSA) is 58.2 Å². The van der Waals surface area contributed by atoms with Crippen LogP contribution in [-0.2, 0) is 4.79 Å². The maximum absolute atomic E-state index is 12.2. The van der Waals surface area contributed by atoms with Gasteiger partial charge in [-0.1, -0.05) is 0 Å². The second kappa shape index (κ2) is 7.40. The SMILES string of the molecule is CC(=O)c1ccc(NC(=O)[C@H](C)Nc2ccc(I)cc2)cc1. The van der Waals surface area contributed by atoms with Crippen molar-refractivity contribution in [3.8, 4) is 0 Å². The molecule has 2 aromatic rings. The van der Waals surface area contributed by atoms with Gasteiger partial charge >= 0.3 is 0 Å². The van der Waals surface area contributed by atoms with Crippen LogP contribution in [0.3, 0.4) is 0 Å². The first kappa shape index (κ1) is 16.5. The van der Waals surface area contributed by atoms with Crippen LogP contribution in [0.15, 0.2) is 48.5 Å². The van der Waals surface area contributed by atoms with E-state index in [1.165, 1.54) is 6.92 Å². The lowest BCUT2D eigenvalue weighted by Crippen LogP contribution is -2.31. The van der Waals surface area contributed by atoms with E-state index in [-0.39, 0.29) is 17.7 Å². The number of amides is 1. The van der Waals surface area contributed by atoms with Crippen molar-refractivity contribution in [1.82, 2.24) is 0 Å². The summed E-state index contributed by atoms with van der Waals surface area (Å²) in [5.41, 5.74) is 2.20. The van der Waals surface area contributed by atoms with Gasteiger partial charge in [-0.3, -0.25) is 9.59 Å². The van der Waals surface area contributed by atoms with Gasteiger partial charge in [-0.05, 0) is 85.0 Å². The Kier molecular flexibility index (Phi) is 5.54. The average Bonchev–Trinajstić information content (AvgIpc) is 2.50. The monoisotopic (exact) mass is 408 g/mol. The summed E-state index contributed by atoms with van der Waals surface area (Å²) in [6.07, 6.45) is 0. The molecule has 0 spiro atoms. The van der Waals surface area contributed by atoms with E-state index in [2.05, 4.69) is 33.2 Å². The second-order valence-electron chi connectivity index (χ2n) is 5.00. The number of anilines is 2. The number of carbonyl (C=O) groups is 2. The van der Waals surface area contributed by atoms with Gasteiger partial charge in [0.15, 0.2) is 5.78 Å². The van der Waals surface area contributed by atoms with Crippen molar-refractivity contribution in [3.05, 3.63) is 57.7 Å². The van der Waals surface area contributed by atoms with Crippen LogP contribution < -0.4 is 10.6 Å². The highest BCUT2D eigenvalue weighted by atomic mass is 127. The standard InChI is InChI=1S/C17H17IN2O2/c1-11(19-15-9-5-14(18)6-10-15)17(22)20-16-7-3-13(4-8-16)12(2)21/h3-11,19H,1-2H3,(H,20,22)/t11-/m0/s1. The Hall–Kier alpha value is -1.89. The molecule has 4 nitrogen and oxygen atoms in total. The van der Waals surface area contributed by atoms with E-state index in [0.717, 1.165) is 9.26 Å². The Morgan fingerprint density at radius 2 is 1.50 bits per heavy atom. The van der Waals surface area contributed by atoms with Gasteiger partial charge < -0.3 is 10.6 Å². The molecule has 0 aliphatic heterocycles. The molecule has 0 aliphatic rings. The minimum absolute atomic E-state index is 0.00613. The zero-order chi connectivity index (χ0) is 16.1. The van der Waals surface area contributed by atoms with Gasteiger partial charge in [0.2, 0.25) is 5.91 Å². The maximum Gasteiger partial charge on any atom is 0.246 e. The number of rotatable bonds is 5. The van der Waals surface area contributed by atoms with Crippen molar-refractivity contribution < 1.29 is 9.59 Å². The van der Waals surface area contributed by atoms with E-state index < -0.39 is 0 Å². The number of benzene rings is 2. The van der Waals surface area contributed by atoms with E-state index in [9.17, 15) is 9.59 Å². The number of carbonyl (C=O) groups excluding carboxylic acids is 2. The molecule has 114 valence electrons. The number of ketones is 1. The van der Waals surface area contributed by atoms with Crippen LogP contribution in [0.4, 0.5) is 11.4 Å². The molecule has 0 aromatic heterocycles. The molecule has 2 rings (SSSR count). The van der Waals surface area contributed by atoms with Crippen LogP contribution in [-0.4, -0.2) is 17.7 Å². The molecule has 5 heteroatoms. The lowest BCUT2D eigenvalue weighted by Gasteiger charge is -2.15. The Bertz CT molecular complexity index is 666. The van der Waals surface area contributed by atoms with Gasteiger partial charge in [0.25, 0.3) is 0 Å². The molecule has 2 N–H and O–H groups in total. The fourth-order valence-electron chi connectivity index (χ4n) is 1.90. The summed E-state index contributed by atoms with van der Waals surface area (Å²) in [6.45, 7) is 3.32.